The van der Waals surface area contributed by atoms with Crippen molar-refractivity contribution in [3.05, 3.63) is 53.3 Å². The Labute approximate surface area is 137 Å². The van der Waals surface area contributed by atoms with Gasteiger partial charge in [-0.25, -0.2) is 0 Å². The van der Waals surface area contributed by atoms with E-state index in [4.69, 9.17) is 0 Å². The molecule has 0 aliphatic carbocycles. The van der Waals surface area contributed by atoms with Gasteiger partial charge in [0, 0.05) is 19.3 Å². The largest absolute Gasteiger partial charge is 0.435 e. The van der Waals surface area contributed by atoms with Crippen molar-refractivity contribution < 1.29 is 23.1 Å². The number of carbonyl (C=O) groups excluding carboxylic acids is 1. The smallest absolute Gasteiger partial charge is 0.388 e. The van der Waals surface area contributed by atoms with Crippen LogP contribution >= 0.6 is 0 Å². The van der Waals surface area contributed by atoms with E-state index in [1.807, 2.05) is 6.07 Å². The van der Waals surface area contributed by atoms with Gasteiger partial charge in [0.1, 0.15) is 0 Å². The molecule has 0 aliphatic heterocycles. The summed E-state index contributed by atoms with van der Waals surface area (Å²) < 4.78 is 39.6. The molecule has 1 aromatic heterocycles. The van der Waals surface area contributed by atoms with Crippen molar-refractivity contribution in [1.82, 2.24) is 15.1 Å². The maximum absolute atomic E-state index is 12.9. The van der Waals surface area contributed by atoms with Gasteiger partial charge >= 0.3 is 6.18 Å². The lowest BCUT2D eigenvalue weighted by atomic mass is 10.0. The summed E-state index contributed by atoms with van der Waals surface area (Å²) in [5.74, 6) is -0.872. The summed E-state index contributed by atoms with van der Waals surface area (Å²) in [7, 11) is 1.31. The molecule has 0 fully saturated rings. The van der Waals surface area contributed by atoms with Crippen molar-refractivity contribution in [3.8, 4) is 0 Å². The van der Waals surface area contributed by atoms with E-state index in [1.165, 1.54) is 7.05 Å². The molecule has 1 amide bonds. The maximum Gasteiger partial charge on any atom is 0.435 e. The molecule has 2 aromatic rings. The number of aliphatic hydroxyl groups is 1. The lowest BCUT2D eigenvalue weighted by Crippen LogP contribution is -2.34. The number of carbonyl (C=O) groups is 1. The van der Waals surface area contributed by atoms with Crippen LogP contribution in [0.25, 0.3) is 0 Å². The number of nitrogens with zero attached hydrogens (tertiary/aromatic N) is 2. The summed E-state index contributed by atoms with van der Waals surface area (Å²) in [6, 6.07) is 8.31. The zero-order chi connectivity index (χ0) is 17.9. The third kappa shape index (κ3) is 4.35. The number of amides is 1. The number of hydrogen-bond donors (Lipinski definition) is 2. The van der Waals surface area contributed by atoms with Gasteiger partial charge in [-0.1, -0.05) is 30.3 Å². The zero-order valence-electron chi connectivity index (χ0n) is 13.2. The van der Waals surface area contributed by atoms with Crippen LogP contribution < -0.4 is 5.32 Å². The Morgan fingerprint density at radius 1 is 1.33 bits per heavy atom. The van der Waals surface area contributed by atoms with Crippen LogP contribution in [0.4, 0.5) is 13.2 Å². The lowest BCUT2D eigenvalue weighted by molar-refractivity contribution is -0.141. The highest BCUT2D eigenvalue weighted by Gasteiger charge is 2.39. The first-order valence-corrected chi connectivity index (χ1v) is 7.33. The molecule has 0 bridgehead atoms. The van der Waals surface area contributed by atoms with E-state index in [0.29, 0.717) is 5.56 Å². The quantitative estimate of drug-likeness (QED) is 0.879. The molecule has 2 unspecified atom stereocenters. The van der Waals surface area contributed by atoms with Crippen LogP contribution in [0.15, 0.2) is 36.5 Å². The van der Waals surface area contributed by atoms with Gasteiger partial charge in [0.25, 0.3) is 5.91 Å². The molecule has 1 heterocycles. The van der Waals surface area contributed by atoms with Crippen molar-refractivity contribution in [3.63, 3.8) is 0 Å². The average molecular weight is 341 g/mol. The standard InChI is InChI=1S/C16H18F3N3O2/c1-10(8-13(23)11-6-4-3-5-7-11)20-15(24)12-9-22(2)21-14(12)16(17,18)19/h3-7,9-10,13,23H,8H2,1-2H3,(H,20,24). The van der Waals surface area contributed by atoms with E-state index in [0.717, 1.165) is 10.9 Å². The Balaban J connectivity index is 2.05. The van der Waals surface area contributed by atoms with Gasteiger partial charge in [0.2, 0.25) is 0 Å². The van der Waals surface area contributed by atoms with Crippen LogP contribution in [-0.2, 0) is 13.2 Å². The summed E-state index contributed by atoms with van der Waals surface area (Å²) in [4.78, 5) is 12.1. The normalized spacial score (nSPS) is 14.2. The van der Waals surface area contributed by atoms with Gasteiger partial charge in [-0.15, -0.1) is 0 Å². The highest BCUT2D eigenvalue weighted by Crippen LogP contribution is 2.30. The number of aryl methyl sites for hydroxylation is 1. The number of benzene rings is 1. The van der Waals surface area contributed by atoms with E-state index in [1.54, 1.807) is 31.2 Å². The lowest BCUT2D eigenvalue weighted by Gasteiger charge is -2.18. The fourth-order valence-corrected chi connectivity index (χ4v) is 2.37. The first-order valence-electron chi connectivity index (χ1n) is 7.33. The summed E-state index contributed by atoms with van der Waals surface area (Å²) in [5.41, 5.74) is -1.08. The Kier molecular flexibility index (Phi) is 5.28. The third-order valence-corrected chi connectivity index (χ3v) is 3.48. The molecule has 1 aromatic carbocycles. The molecule has 5 nitrogen and oxygen atoms in total. The number of aromatic nitrogens is 2. The van der Waals surface area contributed by atoms with Gasteiger partial charge in [-0.3, -0.25) is 9.48 Å². The third-order valence-electron chi connectivity index (χ3n) is 3.48. The summed E-state index contributed by atoms with van der Waals surface area (Å²) in [6.45, 7) is 1.62. The Bertz CT molecular complexity index is 698. The first-order chi connectivity index (χ1) is 11.2. The minimum atomic E-state index is -4.71. The highest BCUT2D eigenvalue weighted by atomic mass is 19.4. The second-order valence-electron chi connectivity index (χ2n) is 5.60. The van der Waals surface area contributed by atoms with E-state index in [-0.39, 0.29) is 6.42 Å². The van der Waals surface area contributed by atoms with Gasteiger partial charge in [-0.05, 0) is 18.9 Å². The van der Waals surface area contributed by atoms with Crippen LogP contribution in [0.1, 0.15) is 41.1 Å². The molecule has 0 saturated carbocycles. The Hall–Kier alpha value is -2.35. The van der Waals surface area contributed by atoms with Crippen molar-refractivity contribution in [1.29, 1.82) is 0 Å². The predicted molar refractivity (Wildman–Crippen MR) is 81.2 cm³/mol. The van der Waals surface area contributed by atoms with Gasteiger partial charge in [0.05, 0.1) is 11.7 Å². The van der Waals surface area contributed by atoms with E-state index in [2.05, 4.69) is 10.4 Å². The van der Waals surface area contributed by atoms with Crippen LogP contribution in [0.2, 0.25) is 0 Å². The summed E-state index contributed by atoms with van der Waals surface area (Å²) in [6.07, 6.45) is -4.33. The minimum absolute atomic E-state index is 0.178. The molecule has 0 aliphatic rings. The maximum atomic E-state index is 12.9. The van der Waals surface area contributed by atoms with E-state index >= 15 is 0 Å². The Morgan fingerprint density at radius 2 is 1.96 bits per heavy atom. The zero-order valence-corrected chi connectivity index (χ0v) is 13.2. The van der Waals surface area contributed by atoms with E-state index < -0.39 is 35.5 Å². The molecule has 8 heteroatoms. The van der Waals surface area contributed by atoms with Crippen LogP contribution in [-0.4, -0.2) is 26.8 Å². The van der Waals surface area contributed by atoms with Gasteiger partial charge in [-0.2, -0.15) is 18.3 Å². The molecule has 0 radical (unpaired) electrons. The second-order valence-corrected chi connectivity index (χ2v) is 5.60. The van der Waals surface area contributed by atoms with Gasteiger partial charge < -0.3 is 10.4 Å². The number of aliphatic hydroxyl groups excluding tert-OH is 1. The van der Waals surface area contributed by atoms with Crippen LogP contribution in [0.3, 0.4) is 0 Å². The van der Waals surface area contributed by atoms with Crippen molar-refractivity contribution in [2.75, 3.05) is 0 Å². The molecule has 0 spiro atoms. The van der Waals surface area contributed by atoms with Gasteiger partial charge in [0.15, 0.2) is 5.69 Å². The molecule has 2 atom stereocenters. The van der Waals surface area contributed by atoms with E-state index in [9.17, 15) is 23.1 Å². The monoisotopic (exact) mass is 341 g/mol. The molecule has 2 rings (SSSR count). The second kappa shape index (κ2) is 7.04. The SMILES string of the molecule is CC(CC(O)c1ccccc1)NC(=O)c1cn(C)nc1C(F)(F)F. The molecule has 0 saturated heterocycles. The number of rotatable bonds is 5. The average Bonchev–Trinajstić information content (AvgIpc) is 2.90. The summed E-state index contributed by atoms with van der Waals surface area (Å²) >= 11 is 0. The molecule has 24 heavy (non-hydrogen) atoms. The number of alkyl halides is 3. The summed E-state index contributed by atoms with van der Waals surface area (Å²) in [5, 5.41) is 15.9. The first kappa shape index (κ1) is 18.0. The Morgan fingerprint density at radius 3 is 2.54 bits per heavy atom. The van der Waals surface area contributed by atoms with Crippen molar-refractivity contribution in [2.45, 2.75) is 31.7 Å². The van der Waals surface area contributed by atoms with Crippen LogP contribution in [0.5, 0.6) is 0 Å². The molecular formula is C16H18F3N3O2. The fourth-order valence-electron chi connectivity index (χ4n) is 2.37. The highest BCUT2D eigenvalue weighted by molar-refractivity contribution is 5.95. The van der Waals surface area contributed by atoms with Crippen molar-refractivity contribution >= 4 is 5.91 Å². The minimum Gasteiger partial charge on any atom is -0.388 e. The molecule has 130 valence electrons. The number of nitrogens with one attached hydrogen (secondary N) is 1. The predicted octanol–water partition coefficient (Wildman–Crippen LogP) is 2.68. The number of halogens is 3. The fraction of sp³-hybridized carbons (Fsp3) is 0.375. The van der Waals surface area contributed by atoms with Crippen LogP contribution in [0, 0.1) is 0 Å². The molecule has 2 N–H and O–H groups in total. The van der Waals surface area contributed by atoms with Crippen molar-refractivity contribution in [2.24, 2.45) is 7.05 Å². The molecular weight excluding hydrogens is 323 g/mol. The topological polar surface area (TPSA) is 67.2 Å². The number of hydrogen-bond acceptors (Lipinski definition) is 3.